The predicted molar refractivity (Wildman–Crippen MR) is 85.6 cm³/mol. The second-order valence-electron chi connectivity index (χ2n) is 4.97. The van der Waals surface area contributed by atoms with Crippen molar-refractivity contribution in [2.45, 2.75) is 26.8 Å². The SMILES string of the molecule is Cc1ccc(C)c(CC(=O)NCc2ccccc2Br)c1. The van der Waals surface area contributed by atoms with Gasteiger partial charge < -0.3 is 5.32 Å². The lowest BCUT2D eigenvalue weighted by molar-refractivity contribution is -0.120. The summed E-state index contributed by atoms with van der Waals surface area (Å²) in [6, 6.07) is 14.1. The van der Waals surface area contributed by atoms with Gasteiger partial charge in [-0.05, 0) is 36.6 Å². The molecule has 0 aliphatic heterocycles. The normalized spacial score (nSPS) is 10.3. The molecule has 0 spiro atoms. The first-order chi connectivity index (χ1) is 9.56. The zero-order valence-electron chi connectivity index (χ0n) is 11.7. The van der Waals surface area contributed by atoms with E-state index in [2.05, 4.69) is 39.4 Å². The van der Waals surface area contributed by atoms with Gasteiger partial charge in [-0.3, -0.25) is 4.79 Å². The predicted octanol–water partition coefficient (Wildman–Crippen LogP) is 3.92. The number of carbonyl (C=O) groups excluding carboxylic acids is 1. The molecular formula is C17H18BrNO. The standard InChI is InChI=1S/C17H18BrNO/c1-12-7-8-13(2)15(9-12)10-17(20)19-11-14-5-3-4-6-16(14)18/h3-9H,10-11H2,1-2H3,(H,19,20). The maximum absolute atomic E-state index is 12.0. The van der Waals surface area contributed by atoms with Crippen LogP contribution >= 0.6 is 15.9 Å². The van der Waals surface area contributed by atoms with Gasteiger partial charge in [0, 0.05) is 11.0 Å². The van der Waals surface area contributed by atoms with Gasteiger partial charge in [-0.2, -0.15) is 0 Å². The van der Waals surface area contributed by atoms with Crippen LogP contribution in [0, 0.1) is 13.8 Å². The summed E-state index contributed by atoms with van der Waals surface area (Å²) in [4.78, 5) is 12.0. The molecule has 1 amide bonds. The van der Waals surface area contributed by atoms with Crippen LogP contribution in [0.5, 0.6) is 0 Å². The van der Waals surface area contributed by atoms with Gasteiger partial charge in [0.1, 0.15) is 0 Å². The quantitative estimate of drug-likeness (QED) is 0.903. The molecule has 2 nitrogen and oxygen atoms in total. The van der Waals surface area contributed by atoms with Gasteiger partial charge in [0.2, 0.25) is 5.91 Å². The van der Waals surface area contributed by atoms with Gasteiger partial charge in [0.25, 0.3) is 0 Å². The topological polar surface area (TPSA) is 29.1 Å². The zero-order chi connectivity index (χ0) is 14.5. The van der Waals surface area contributed by atoms with Crippen molar-refractivity contribution in [3.8, 4) is 0 Å². The van der Waals surface area contributed by atoms with Crippen molar-refractivity contribution in [2.24, 2.45) is 0 Å². The zero-order valence-corrected chi connectivity index (χ0v) is 13.3. The second-order valence-corrected chi connectivity index (χ2v) is 5.83. The highest BCUT2D eigenvalue weighted by molar-refractivity contribution is 9.10. The number of hydrogen-bond acceptors (Lipinski definition) is 1. The van der Waals surface area contributed by atoms with E-state index in [0.29, 0.717) is 13.0 Å². The molecule has 0 radical (unpaired) electrons. The van der Waals surface area contributed by atoms with Crippen molar-refractivity contribution in [3.63, 3.8) is 0 Å². The Hall–Kier alpha value is -1.61. The van der Waals surface area contributed by atoms with Crippen LogP contribution in [0.3, 0.4) is 0 Å². The van der Waals surface area contributed by atoms with Gasteiger partial charge in [0.05, 0.1) is 6.42 Å². The summed E-state index contributed by atoms with van der Waals surface area (Å²) >= 11 is 3.48. The summed E-state index contributed by atoms with van der Waals surface area (Å²) in [5, 5.41) is 2.97. The van der Waals surface area contributed by atoms with Gasteiger partial charge in [-0.1, -0.05) is 57.9 Å². The molecule has 0 saturated carbocycles. The molecule has 0 aliphatic carbocycles. The molecule has 0 heterocycles. The van der Waals surface area contributed by atoms with E-state index < -0.39 is 0 Å². The molecule has 2 rings (SSSR count). The van der Waals surface area contributed by atoms with Crippen LogP contribution in [0.25, 0.3) is 0 Å². The summed E-state index contributed by atoms with van der Waals surface area (Å²) in [5.41, 5.74) is 4.52. The van der Waals surface area contributed by atoms with Gasteiger partial charge in [-0.25, -0.2) is 0 Å². The smallest absolute Gasteiger partial charge is 0.224 e. The number of amides is 1. The van der Waals surface area contributed by atoms with E-state index in [1.165, 1.54) is 5.56 Å². The Labute approximate surface area is 128 Å². The number of aryl methyl sites for hydroxylation is 2. The third-order valence-corrected chi connectivity index (χ3v) is 4.06. The third kappa shape index (κ3) is 3.94. The lowest BCUT2D eigenvalue weighted by atomic mass is 10.0. The molecule has 104 valence electrons. The van der Waals surface area contributed by atoms with Crippen LogP contribution in [0.4, 0.5) is 0 Å². The van der Waals surface area contributed by atoms with Gasteiger partial charge >= 0.3 is 0 Å². The Morgan fingerprint density at radius 3 is 2.60 bits per heavy atom. The fourth-order valence-electron chi connectivity index (χ4n) is 2.06. The van der Waals surface area contributed by atoms with E-state index in [-0.39, 0.29) is 5.91 Å². The van der Waals surface area contributed by atoms with Gasteiger partial charge in [-0.15, -0.1) is 0 Å². The monoisotopic (exact) mass is 331 g/mol. The van der Waals surface area contributed by atoms with Crippen LogP contribution in [-0.4, -0.2) is 5.91 Å². The lowest BCUT2D eigenvalue weighted by Crippen LogP contribution is -2.25. The highest BCUT2D eigenvalue weighted by Crippen LogP contribution is 2.15. The number of benzene rings is 2. The molecule has 1 N–H and O–H groups in total. The van der Waals surface area contributed by atoms with Crippen LogP contribution in [0.2, 0.25) is 0 Å². The molecular weight excluding hydrogens is 314 g/mol. The van der Waals surface area contributed by atoms with Crippen molar-refractivity contribution >= 4 is 21.8 Å². The fraction of sp³-hybridized carbons (Fsp3) is 0.235. The molecule has 0 saturated heterocycles. The molecule has 0 aromatic heterocycles. The molecule has 20 heavy (non-hydrogen) atoms. The summed E-state index contributed by atoms with van der Waals surface area (Å²) in [6.07, 6.45) is 0.429. The molecule has 0 unspecified atom stereocenters. The number of hydrogen-bond donors (Lipinski definition) is 1. The van der Waals surface area contributed by atoms with Crippen LogP contribution in [0.15, 0.2) is 46.9 Å². The Morgan fingerprint density at radius 1 is 1.10 bits per heavy atom. The van der Waals surface area contributed by atoms with E-state index in [4.69, 9.17) is 0 Å². The van der Waals surface area contributed by atoms with Crippen molar-refractivity contribution < 1.29 is 4.79 Å². The average Bonchev–Trinajstić information content (AvgIpc) is 2.42. The van der Waals surface area contributed by atoms with Crippen molar-refractivity contribution in [1.82, 2.24) is 5.32 Å². The Morgan fingerprint density at radius 2 is 1.85 bits per heavy atom. The lowest BCUT2D eigenvalue weighted by Gasteiger charge is -2.09. The third-order valence-electron chi connectivity index (χ3n) is 3.29. The highest BCUT2D eigenvalue weighted by atomic mass is 79.9. The molecule has 2 aromatic carbocycles. The Kier molecular flexibility index (Phi) is 4.96. The molecule has 0 bridgehead atoms. The first kappa shape index (κ1) is 14.8. The minimum absolute atomic E-state index is 0.0504. The summed E-state index contributed by atoms with van der Waals surface area (Å²) < 4.78 is 1.02. The van der Waals surface area contributed by atoms with Crippen LogP contribution in [-0.2, 0) is 17.8 Å². The fourth-order valence-corrected chi connectivity index (χ4v) is 2.49. The van der Waals surface area contributed by atoms with Crippen molar-refractivity contribution in [2.75, 3.05) is 0 Å². The largest absolute Gasteiger partial charge is 0.352 e. The maximum atomic E-state index is 12.0. The minimum atomic E-state index is 0.0504. The number of carbonyl (C=O) groups is 1. The number of halogens is 1. The van der Waals surface area contributed by atoms with E-state index in [0.717, 1.165) is 21.2 Å². The van der Waals surface area contributed by atoms with E-state index in [1.54, 1.807) is 0 Å². The van der Waals surface area contributed by atoms with Crippen LogP contribution < -0.4 is 5.32 Å². The summed E-state index contributed by atoms with van der Waals surface area (Å²) in [6.45, 7) is 4.63. The van der Waals surface area contributed by atoms with E-state index >= 15 is 0 Å². The summed E-state index contributed by atoms with van der Waals surface area (Å²) in [5.74, 6) is 0.0504. The van der Waals surface area contributed by atoms with E-state index in [1.807, 2.05) is 38.1 Å². The van der Waals surface area contributed by atoms with Crippen molar-refractivity contribution in [1.29, 1.82) is 0 Å². The molecule has 0 atom stereocenters. The molecule has 0 fully saturated rings. The summed E-state index contributed by atoms with van der Waals surface area (Å²) in [7, 11) is 0. The molecule has 2 aromatic rings. The number of nitrogens with one attached hydrogen (secondary N) is 1. The first-order valence-electron chi connectivity index (χ1n) is 6.62. The van der Waals surface area contributed by atoms with Gasteiger partial charge in [0.15, 0.2) is 0 Å². The highest BCUT2D eigenvalue weighted by Gasteiger charge is 2.07. The average molecular weight is 332 g/mol. The second kappa shape index (κ2) is 6.71. The van der Waals surface area contributed by atoms with E-state index in [9.17, 15) is 4.79 Å². The van der Waals surface area contributed by atoms with Crippen LogP contribution in [0.1, 0.15) is 22.3 Å². The molecule has 0 aliphatic rings. The minimum Gasteiger partial charge on any atom is -0.352 e. The maximum Gasteiger partial charge on any atom is 0.224 e. The number of rotatable bonds is 4. The molecule has 3 heteroatoms. The first-order valence-corrected chi connectivity index (χ1v) is 7.42. The Bertz CT molecular complexity index is 622. The Balaban J connectivity index is 1.96. The van der Waals surface area contributed by atoms with Crippen molar-refractivity contribution in [3.05, 3.63) is 69.2 Å².